The number of hydrogen-bond donors (Lipinski definition) is 0. The molecule has 2 heterocycles. The largest absolute Gasteiger partial charge is 0.282 e. The lowest BCUT2D eigenvalue weighted by Crippen LogP contribution is -2.68. The van der Waals surface area contributed by atoms with Gasteiger partial charge in [0.2, 0.25) is 23.6 Å². The summed E-state index contributed by atoms with van der Waals surface area (Å²) in [4.78, 5) is 68.7. The summed E-state index contributed by atoms with van der Waals surface area (Å²) in [7, 11) is 0. The van der Waals surface area contributed by atoms with E-state index in [9.17, 15) is 0 Å². The Labute approximate surface area is 419 Å². The number of unbranched alkanes of at least 4 members (excludes halogenated alkanes) is 10. The van der Waals surface area contributed by atoms with Crippen molar-refractivity contribution in [2.45, 2.75) is 206 Å². The van der Waals surface area contributed by atoms with Crippen LogP contribution in [0.15, 0.2) is 48.5 Å². The van der Waals surface area contributed by atoms with Crippen molar-refractivity contribution in [3.8, 4) is 0 Å². The van der Waals surface area contributed by atoms with Crippen LogP contribution in [-0.4, -0.2) is 46.5 Å². The van der Waals surface area contributed by atoms with Gasteiger partial charge in [0.15, 0.2) is 0 Å². The highest BCUT2D eigenvalue weighted by Crippen LogP contribution is 2.82. The van der Waals surface area contributed by atoms with Crippen LogP contribution in [0.3, 0.4) is 0 Å². The molecule has 70 heavy (non-hydrogen) atoms. The molecule has 5 aliphatic carbocycles. The molecule has 11 rings (SSSR count). The van der Waals surface area contributed by atoms with E-state index in [2.05, 4.69) is 145 Å². The van der Waals surface area contributed by atoms with E-state index >= 15 is 19.2 Å². The van der Waals surface area contributed by atoms with Crippen molar-refractivity contribution in [2.24, 2.45) is 23.7 Å². The molecule has 3 fully saturated rings. The van der Waals surface area contributed by atoms with Gasteiger partial charge in [-0.05, 0) is 112 Å². The predicted octanol–water partition coefficient (Wildman–Crippen LogP) is 14.5. The number of imide groups is 2. The maximum Gasteiger partial charge on any atom is 0.234 e. The molecule has 1 saturated carbocycles. The molecular formula is C64H82N2O4. The van der Waals surface area contributed by atoms with Gasteiger partial charge in [0.05, 0.1) is 23.7 Å². The molecule has 2 bridgehead atoms. The Bertz CT molecular complexity index is 2670. The maximum atomic E-state index is 16.4. The smallest absolute Gasteiger partial charge is 0.234 e. The topological polar surface area (TPSA) is 74.8 Å². The van der Waals surface area contributed by atoms with Crippen molar-refractivity contribution in [3.05, 3.63) is 93.0 Å². The van der Waals surface area contributed by atoms with E-state index in [4.69, 9.17) is 0 Å². The minimum atomic E-state index is -1.25. The first kappa shape index (κ1) is 49.0. The molecule has 0 N–H and O–H groups in total. The SMILES string of the molecule is CCCCCCCCN1C(=O)C2C(C1=O)C13C(=C4c5cc(C(C)(C)C)cc6cc(C(C)(C)C)cc(c56)C42C2C(=O)N(CCCCCCCC)C(=O)C21)c1cc(C(C)(C)C)cc2cc(C(C)(C)C)cc3c12. The minimum absolute atomic E-state index is 0.153. The van der Waals surface area contributed by atoms with E-state index < -0.39 is 34.5 Å². The fourth-order valence-corrected chi connectivity index (χ4v) is 14.7. The number of likely N-dealkylation sites (tertiary alicyclic amines) is 2. The monoisotopic (exact) mass is 943 g/mol. The third kappa shape index (κ3) is 6.74. The van der Waals surface area contributed by atoms with Crippen LogP contribution in [0.5, 0.6) is 0 Å². The lowest BCUT2D eigenvalue weighted by Gasteiger charge is -2.62. The molecule has 372 valence electrons. The van der Waals surface area contributed by atoms with Crippen molar-refractivity contribution >= 4 is 56.3 Å². The molecule has 0 aromatic heterocycles. The minimum Gasteiger partial charge on any atom is -0.282 e. The van der Waals surface area contributed by atoms with Crippen LogP contribution in [0.4, 0.5) is 0 Å². The molecule has 6 heteroatoms. The third-order valence-electron chi connectivity index (χ3n) is 18.3. The van der Waals surface area contributed by atoms with Gasteiger partial charge in [-0.25, -0.2) is 0 Å². The van der Waals surface area contributed by atoms with E-state index in [0.717, 1.165) is 130 Å². The van der Waals surface area contributed by atoms with E-state index in [1.165, 1.54) is 24.0 Å². The molecule has 4 aromatic rings. The van der Waals surface area contributed by atoms with Gasteiger partial charge >= 0.3 is 0 Å². The van der Waals surface area contributed by atoms with Gasteiger partial charge < -0.3 is 0 Å². The van der Waals surface area contributed by atoms with Crippen LogP contribution < -0.4 is 0 Å². The van der Waals surface area contributed by atoms with Crippen LogP contribution in [-0.2, 0) is 51.7 Å². The summed E-state index contributed by atoms with van der Waals surface area (Å²) in [6, 6.07) is 18.8. The summed E-state index contributed by atoms with van der Waals surface area (Å²) in [5.41, 5.74) is 7.33. The van der Waals surface area contributed by atoms with Crippen molar-refractivity contribution in [1.29, 1.82) is 0 Å². The van der Waals surface area contributed by atoms with Gasteiger partial charge in [-0.1, -0.05) is 210 Å². The Morgan fingerprint density at radius 2 is 0.657 bits per heavy atom. The average molecular weight is 943 g/mol. The lowest BCUT2D eigenvalue weighted by molar-refractivity contribution is -0.140. The van der Waals surface area contributed by atoms with E-state index in [0.29, 0.717) is 13.1 Å². The Kier molecular flexibility index (Phi) is 11.5. The second-order valence-electron chi connectivity index (χ2n) is 26.9. The second kappa shape index (κ2) is 16.5. The summed E-state index contributed by atoms with van der Waals surface area (Å²) >= 11 is 0. The van der Waals surface area contributed by atoms with Crippen molar-refractivity contribution in [1.82, 2.24) is 9.80 Å². The summed E-state index contributed by atoms with van der Waals surface area (Å²) < 4.78 is 0. The standard InChI is InChI=1S/C64H82N2O4/c1-15-17-19-21-23-25-27-65-55(67)51-52(56(65)68)64-46-36-42(62(12,13)14)32-38-30-40(60(6,7)8)34-44(48(38)46)50(64)49-43-33-39(59(3,4)5)29-37-31-41(61(9,10)11)35-45(47(37)43)63(49,51)53-54(64)58(70)66(57(53)69)28-26-24-22-20-18-16-2/h29-36,51-54H,15-28H2,1-14H3. The predicted molar refractivity (Wildman–Crippen MR) is 287 cm³/mol. The molecule has 4 aromatic carbocycles. The summed E-state index contributed by atoms with van der Waals surface area (Å²) in [5.74, 6) is -4.06. The van der Waals surface area contributed by atoms with Crippen LogP contribution in [0.2, 0.25) is 0 Å². The van der Waals surface area contributed by atoms with Crippen molar-refractivity contribution in [2.75, 3.05) is 13.1 Å². The van der Waals surface area contributed by atoms with Gasteiger partial charge in [-0.3, -0.25) is 29.0 Å². The van der Waals surface area contributed by atoms with E-state index in [1.54, 1.807) is 9.80 Å². The molecule has 4 unspecified atom stereocenters. The fourth-order valence-electron chi connectivity index (χ4n) is 14.7. The maximum absolute atomic E-state index is 16.4. The van der Waals surface area contributed by atoms with Gasteiger partial charge in [0, 0.05) is 23.9 Å². The number of hydrogen-bond acceptors (Lipinski definition) is 4. The molecule has 0 radical (unpaired) electrons. The van der Waals surface area contributed by atoms with E-state index in [-0.39, 0.29) is 45.3 Å². The van der Waals surface area contributed by atoms with E-state index in [1.807, 2.05) is 0 Å². The first-order chi connectivity index (χ1) is 32.9. The molecule has 2 aliphatic heterocycles. The molecule has 6 nitrogen and oxygen atoms in total. The van der Waals surface area contributed by atoms with Crippen molar-refractivity contribution in [3.63, 3.8) is 0 Å². The van der Waals surface area contributed by atoms with Crippen molar-refractivity contribution < 1.29 is 19.2 Å². The van der Waals surface area contributed by atoms with Crippen LogP contribution >= 0.6 is 0 Å². The quantitative estimate of drug-likeness (QED) is 0.0932. The number of carbonyl (C=O) groups excluding carboxylic acids is 4. The first-order valence-electron chi connectivity index (χ1n) is 27.6. The number of allylic oxidation sites excluding steroid dienone is 2. The third-order valence-corrected chi connectivity index (χ3v) is 18.3. The highest BCUT2D eigenvalue weighted by atomic mass is 16.2. The molecule has 2 saturated heterocycles. The summed E-state index contributed by atoms with van der Waals surface area (Å²) in [5, 5.41) is 4.37. The van der Waals surface area contributed by atoms with Crippen LogP contribution in [0.1, 0.15) is 218 Å². The lowest BCUT2D eigenvalue weighted by atomic mass is 9.35. The van der Waals surface area contributed by atoms with Gasteiger partial charge in [-0.15, -0.1) is 0 Å². The zero-order chi connectivity index (χ0) is 50.4. The number of carbonyl (C=O) groups is 4. The number of amides is 4. The molecule has 4 amide bonds. The molecule has 2 spiro atoms. The Hall–Kier alpha value is -4.58. The number of benzene rings is 4. The van der Waals surface area contributed by atoms with Gasteiger partial charge in [0.25, 0.3) is 0 Å². The van der Waals surface area contributed by atoms with Gasteiger partial charge in [-0.2, -0.15) is 0 Å². The second-order valence-corrected chi connectivity index (χ2v) is 26.9. The Morgan fingerprint density at radius 1 is 0.386 bits per heavy atom. The number of rotatable bonds is 14. The highest BCUT2D eigenvalue weighted by molar-refractivity contribution is 6.29. The zero-order valence-corrected chi connectivity index (χ0v) is 45.4. The summed E-state index contributed by atoms with van der Waals surface area (Å²) in [6.45, 7) is 32.2. The first-order valence-corrected chi connectivity index (χ1v) is 27.6. The Morgan fingerprint density at radius 3 is 0.943 bits per heavy atom. The molecule has 4 atom stereocenters. The zero-order valence-electron chi connectivity index (χ0n) is 45.4. The van der Waals surface area contributed by atoms with Crippen LogP contribution in [0.25, 0.3) is 32.7 Å². The normalized spacial score (nSPS) is 25.6. The molecule has 7 aliphatic rings. The number of nitrogens with zero attached hydrogens (tertiary/aromatic N) is 2. The molecular weight excluding hydrogens is 861 g/mol. The fraction of sp³-hybridized carbons (Fsp3) is 0.594. The Balaban J connectivity index is 1.36. The summed E-state index contributed by atoms with van der Waals surface area (Å²) in [6.07, 6.45) is 12.4. The average Bonchev–Trinajstić information content (AvgIpc) is 3.92. The van der Waals surface area contributed by atoms with Gasteiger partial charge in [0.1, 0.15) is 0 Å². The van der Waals surface area contributed by atoms with Crippen LogP contribution in [0, 0.1) is 23.7 Å². The highest BCUT2D eigenvalue weighted by Gasteiger charge is 2.85.